The minimum atomic E-state index is -3.87. The van der Waals surface area contributed by atoms with Crippen LogP contribution in [0.15, 0.2) is 35.4 Å². The van der Waals surface area contributed by atoms with Crippen molar-refractivity contribution in [2.24, 2.45) is 0 Å². The van der Waals surface area contributed by atoms with Gasteiger partial charge in [-0.2, -0.15) is 4.98 Å². The molecule has 2 rings (SSSR count). The third-order valence-electron chi connectivity index (χ3n) is 2.68. The van der Waals surface area contributed by atoms with Crippen LogP contribution in [0.2, 0.25) is 10.3 Å². The molecular weight excluding hydrogens is 333 g/mol. The molecule has 0 aliphatic heterocycles. The predicted octanol–water partition coefficient (Wildman–Crippen LogP) is 3.71. The first-order valence-electron chi connectivity index (χ1n) is 6.41. The number of hydrogen-bond donors (Lipinski definition) is 1. The smallest absolute Gasteiger partial charge is 0.224 e. The molecule has 0 aliphatic rings. The fourth-order valence-corrected chi connectivity index (χ4v) is 2.96. The Balaban J connectivity index is 2.53. The van der Waals surface area contributed by atoms with E-state index in [9.17, 15) is 8.42 Å². The van der Waals surface area contributed by atoms with Gasteiger partial charge >= 0.3 is 0 Å². The van der Waals surface area contributed by atoms with Gasteiger partial charge in [-0.25, -0.2) is 13.4 Å². The molecule has 2 aromatic rings. The molecule has 0 unspecified atom stereocenters. The third kappa shape index (κ3) is 3.45. The second-order valence-corrected chi connectivity index (χ2v) is 7.38. The lowest BCUT2D eigenvalue weighted by atomic mass is 10.3. The van der Waals surface area contributed by atoms with Gasteiger partial charge in [0.1, 0.15) is 5.02 Å². The van der Waals surface area contributed by atoms with Crippen molar-refractivity contribution in [3.05, 3.63) is 40.8 Å². The Morgan fingerprint density at radius 1 is 1.29 bits per heavy atom. The van der Waals surface area contributed by atoms with Gasteiger partial charge in [0.2, 0.25) is 5.28 Å². The van der Waals surface area contributed by atoms with Crippen LogP contribution in [-0.2, 0) is 9.84 Å². The number of nitrogens with zero attached hydrogens (tertiary/aromatic N) is 2. The summed E-state index contributed by atoms with van der Waals surface area (Å²) < 4.78 is 32.8. The molecule has 0 amide bonds. The Morgan fingerprint density at radius 3 is 2.62 bits per heavy atom. The second kappa shape index (κ2) is 6.17. The number of aromatic nitrogens is 2. The van der Waals surface area contributed by atoms with Crippen molar-refractivity contribution in [2.45, 2.75) is 24.0 Å². The SMILES string of the molecule is [2H]C(C)(C)S(=O)(=O)c1ccccc1Nc1nc(Cl)ncc1Cl. The first-order chi connectivity index (χ1) is 10.1. The number of para-hydroxylation sites is 1. The van der Waals surface area contributed by atoms with E-state index >= 15 is 0 Å². The van der Waals surface area contributed by atoms with E-state index in [-0.39, 0.29) is 26.7 Å². The molecule has 8 heteroatoms. The number of benzene rings is 1. The maximum Gasteiger partial charge on any atom is 0.224 e. The van der Waals surface area contributed by atoms with E-state index in [1.807, 2.05) is 0 Å². The number of halogens is 2. The minimum Gasteiger partial charge on any atom is -0.338 e. The van der Waals surface area contributed by atoms with Crippen molar-refractivity contribution in [2.75, 3.05) is 5.32 Å². The molecule has 5 nitrogen and oxygen atoms in total. The van der Waals surface area contributed by atoms with E-state index in [0.717, 1.165) is 0 Å². The summed E-state index contributed by atoms with van der Waals surface area (Å²) in [6.07, 6.45) is 1.31. The molecule has 21 heavy (non-hydrogen) atoms. The van der Waals surface area contributed by atoms with Crippen LogP contribution in [0.25, 0.3) is 0 Å². The average Bonchev–Trinajstić information content (AvgIpc) is 2.42. The highest BCUT2D eigenvalue weighted by Crippen LogP contribution is 2.29. The van der Waals surface area contributed by atoms with Crippen molar-refractivity contribution < 1.29 is 9.79 Å². The lowest BCUT2D eigenvalue weighted by molar-refractivity contribution is 0.588. The first-order valence-corrected chi connectivity index (χ1v) is 8.15. The minimum absolute atomic E-state index is 0.0131. The van der Waals surface area contributed by atoms with Gasteiger partial charge in [-0.15, -0.1) is 0 Å². The van der Waals surface area contributed by atoms with Crippen LogP contribution >= 0.6 is 23.2 Å². The molecule has 0 aliphatic carbocycles. The normalized spacial score (nSPS) is 12.9. The van der Waals surface area contributed by atoms with Gasteiger partial charge in [-0.05, 0) is 37.6 Å². The van der Waals surface area contributed by atoms with Crippen LogP contribution in [0.5, 0.6) is 0 Å². The van der Waals surface area contributed by atoms with Crippen LogP contribution in [0.3, 0.4) is 0 Å². The molecule has 0 saturated heterocycles. The first kappa shape index (κ1) is 14.6. The zero-order valence-corrected chi connectivity index (χ0v) is 13.6. The summed E-state index contributed by atoms with van der Waals surface area (Å²) in [7, 11) is -3.87. The van der Waals surface area contributed by atoms with Gasteiger partial charge in [0, 0.05) is 1.37 Å². The van der Waals surface area contributed by atoms with Gasteiger partial charge in [0.25, 0.3) is 0 Å². The number of anilines is 2. The van der Waals surface area contributed by atoms with Crippen molar-refractivity contribution in [3.8, 4) is 0 Å². The topological polar surface area (TPSA) is 72.0 Å². The van der Waals surface area contributed by atoms with Crippen molar-refractivity contribution in [1.29, 1.82) is 0 Å². The largest absolute Gasteiger partial charge is 0.338 e. The number of hydrogen-bond acceptors (Lipinski definition) is 5. The van der Waals surface area contributed by atoms with E-state index < -0.39 is 15.1 Å². The van der Waals surface area contributed by atoms with E-state index in [4.69, 9.17) is 24.6 Å². The Hall–Kier alpha value is -1.37. The van der Waals surface area contributed by atoms with E-state index in [1.165, 1.54) is 26.1 Å². The summed E-state index contributed by atoms with van der Waals surface area (Å²) in [4.78, 5) is 7.64. The molecule has 0 bridgehead atoms. The van der Waals surface area contributed by atoms with Crippen LogP contribution in [0.4, 0.5) is 11.5 Å². The zero-order chi connectivity index (χ0) is 16.5. The lowest BCUT2D eigenvalue weighted by Crippen LogP contribution is -2.15. The molecule has 1 heterocycles. The summed E-state index contributed by atoms with van der Waals surface area (Å²) >= 11 is 11.7. The molecule has 0 saturated carbocycles. The monoisotopic (exact) mass is 346 g/mol. The third-order valence-corrected chi connectivity index (χ3v) is 5.15. The molecule has 1 N–H and O–H groups in total. The van der Waals surface area contributed by atoms with Crippen molar-refractivity contribution >= 4 is 44.5 Å². The highest BCUT2D eigenvalue weighted by molar-refractivity contribution is 7.92. The van der Waals surface area contributed by atoms with Crippen molar-refractivity contribution in [1.82, 2.24) is 9.97 Å². The molecule has 0 radical (unpaired) electrons. The van der Waals surface area contributed by atoms with E-state index in [1.54, 1.807) is 18.2 Å². The van der Waals surface area contributed by atoms with E-state index in [0.29, 0.717) is 0 Å². The van der Waals surface area contributed by atoms with Gasteiger partial charge < -0.3 is 5.32 Å². The fourth-order valence-electron chi connectivity index (χ4n) is 1.58. The standard InChI is InChI=1S/C13H13Cl2N3O2S/c1-8(2)21(19,20)11-6-4-3-5-10(11)17-12-9(14)7-16-13(15)18-12/h3-8H,1-2H3,(H,16,17,18)/i8D. The maximum absolute atomic E-state index is 12.5. The Labute approximate surface area is 134 Å². The molecule has 1 aromatic carbocycles. The van der Waals surface area contributed by atoms with Crippen LogP contribution < -0.4 is 5.32 Å². The highest BCUT2D eigenvalue weighted by atomic mass is 35.5. The Morgan fingerprint density at radius 2 is 1.95 bits per heavy atom. The van der Waals surface area contributed by atoms with Gasteiger partial charge in [-0.3, -0.25) is 0 Å². The summed E-state index contributed by atoms with van der Waals surface area (Å²) in [6, 6.07) is 6.23. The van der Waals surface area contributed by atoms with Crippen LogP contribution in [0.1, 0.15) is 15.2 Å². The Kier molecular flexibility index (Phi) is 4.28. The molecule has 1 aromatic heterocycles. The maximum atomic E-state index is 12.5. The molecule has 0 atom stereocenters. The molecule has 0 fully saturated rings. The van der Waals surface area contributed by atoms with E-state index in [2.05, 4.69) is 15.3 Å². The van der Waals surface area contributed by atoms with Crippen LogP contribution in [0, 0.1) is 0 Å². The zero-order valence-electron chi connectivity index (χ0n) is 12.3. The summed E-state index contributed by atoms with van der Waals surface area (Å²) in [6.45, 7) is 2.63. The van der Waals surface area contributed by atoms with Crippen LogP contribution in [-0.4, -0.2) is 23.6 Å². The molecular formula is C13H13Cl2N3O2S. The summed E-state index contributed by atoms with van der Waals surface area (Å²) in [5, 5.41) is 1.32. The number of sulfone groups is 1. The Bertz CT molecular complexity index is 807. The number of rotatable bonds is 4. The summed E-state index contributed by atoms with van der Waals surface area (Å²) in [5.74, 6) is 0.187. The highest BCUT2D eigenvalue weighted by Gasteiger charge is 2.22. The lowest BCUT2D eigenvalue weighted by Gasteiger charge is -2.14. The van der Waals surface area contributed by atoms with Gasteiger partial charge in [-0.1, -0.05) is 23.7 Å². The fraction of sp³-hybridized carbons (Fsp3) is 0.231. The number of nitrogens with one attached hydrogen (secondary N) is 1. The molecule has 112 valence electrons. The predicted molar refractivity (Wildman–Crippen MR) is 84.1 cm³/mol. The average molecular weight is 347 g/mol. The van der Waals surface area contributed by atoms with Crippen molar-refractivity contribution in [3.63, 3.8) is 0 Å². The van der Waals surface area contributed by atoms with Gasteiger partial charge in [0.05, 0.1) is 22.0 Å². The summed E-state index contributed by atoms with van der Waals surface area (Å²) in [5.41, 5.74) is 0.263. The van der Waals surface area contributed by atoms with Gasteiger partial charge in [0.15, 0.2) is 15.7 Å². The second-order valence-electron chi connectivity index (χ2n) is 4.37. The molecule has 0 spiro atoms. The quantitative estimate of drug-likeness (QED) is 0.854.